The molecule has 0 saturated carbocycles. The molecule has 0 aromatic heterocycles. The molecule has 11 heteroatoms. The van der Waals surface area contributed by atoms with E-state index in [1.165, 1.54) is 25.2 Å². The van der Waals surface area contributed by atoms with Crippen LogP contribution in [0.15, 0.2) is 77.3 Å². The summed E-state index contributed by atoms with van der Waals surface area (Å²) in [6, 6.07) is 20.6. The van der Waals surface area contributed by atoms with Crippen LogP contribution in [0.3, 0.4) is 0 Å². The minimum Gasteiger partial charge on any atom is -0.497 e. The molecule has 3 aromatic carbocycles. The van der Waals surface area contributed by atoms with Gasteiger partial charge in [-0.3, -0.25) is 13.9 Å². The van der Waals surface area contributed by atoms with Crippen LogP contribution in [0.2, 0.25) is 0 Å². The van der Waals surface area contributed by atoms with Crippen molar-refractivity contribution < 1.29 is 27.5 Å². The van der Waals surface area contributed by atoms with Crippen molar-refractivity contribution in [2.45, 2.75) is 45.3 Å². The highest BCUT2D eigenvalue weighted by Gasteiger charge is 2.34. The number of nitrogens with zero attached hydrogens (tertiary/aromatic N) is 2. The number of sulfonamides is 1. The first-order chi connectivity index (χ1) is 20.0. The van der Waals surface area contributed by atoms with Crippen molar-refractivity contribution in [2.24, 2.45) is 0 Å². The minimum atomic E-state index is -3.97. The van der Waals surface area contributed by atoms with Crippen molar-refractivity contribution in [1.29, 1.82) is 0 Å². The number of rotatable bonds is 14. The Hall–Kier alpha value is -3.57. The number of halogens is 1. The Morgan fingerprint density at radius 3 is 2.24 bits per heavy atom. The summed E-state index contributed by atoms with van der Waals surface area (Å²) in [5.41, 5.74) is 1.79. The fraction of sp³-hybridized carbons (Fsp3) is 0.355. The molecule has 0 fully saturated rings. The molecule has 9 nitrogen and oxygen atoms in total. The number of amides is 2. The molecule has 0 aliphatic carbocycles. The van der Waals surface area contributed by atoms with Crippen LogP contribution < -0.4 is 19.1 Å². The Bertz CT molecular complexity index is 1470. The molecule has 226 valence electrons. The summed E-state index contributed by atoms with van der Waals surface area (Å²) in [4.78, 5) is 29.5. The molecule has 2 atom stereocenters. The highest BCUT2D eigenvalue weighted by atomic mass is 79.9. The predicted octanol–water partition coefficient (Wildman–Crippen LogP) is 4.79. The Labute approximate surface area is 257 Å². The van der Waals surface area contributed by atoms with E-state index in [0.29, 0.717) is 12.2 Å². The first kappa shape index (κ1) is 32.9. The summed E-state index contributed by atoms with van der Waals surface area (Å²) in [7, 11) is -1.09. The zero-order valence-corrected chi connectivity index (χ0v) is 26.9. The second-order valence-corrected chi connectivity index (χ2v) is 12.8. The van der Waals surface area contributed by atoms with Gasteiger partial charge < -0.3 is 19.7 Å². The molecule has 2 unspecified atom stereocenters. The number of ether oxygens (including phenoxy) is 2. The summed E-state index contributed by atoms with van der Waals surface area (Å²) in [5, 5.41) is 3.02. The summed E-state index contributed by atoms with van der Waals surface area (Å²) in [5.74, 6) is -0.220. The van der Waals surface area contributed by atoms with Gasteiger partial charge in [-0.25, -0.2) is 8.42 Å². The largest absolute Gasteiger partial charge is 0.497 e. The monoisotopic (exact) mass is 659 g/mol. The second kappa shape index (κ2) is 15.1. The average Bonchev–Trinajstić information content (AvgIpc) is 2.97. The van der Waals surface area contributed by atoms with Crippen LogP contribution in [0, 0.1) is 0 Å². The molecule has 0 bridgehead atoms. The third-order valence-corrected chi connectivity index (χ3v) is 8.47. The maximum absolute atomic E-state index is 14.3. The van der Waals surface area contributed by atoms with Gasteiger partial charge in [-0.2, -0.15) is 0 Å². The topological polar surface area (TPSA) is 105 Å². The average molecular weight is 661 g/mol. The molecule has 0 spiro atoms. The Morgan fingerprint density at radius 2 is 1.64 bits per heavy atom. The number of nitrogens with one attached hydrogen (secondary N) is 1. The number of anilines is 1. The normalized spacial score (nSPS) is 12.6. The maximum Gasteiger partial charge on any atom is 0.244 e. The molecule has 2 amide bonds. The van der Waals surface area contributed by atoms with Crippen LogP contribution in [0.4, 0.5) is 5.69 Å². The van der Waals surface area contributed by atoms with Crippen LogP contribution in [0.1, 0.15) is 31.4 Å². The van der Waals surface area contributed by atoms with Crippen molar-refractivity contribution >= 4 is 43.5 Å². The fourth-order valence-electron chi connectivity index (χ4n) is 4.41. The molecular formula is C31H38BrN3O6S. The van der Waals surface area contributed by atoms with Crippen LogP contribution in [-0.4, -0.2) is 64.2 Å². The SMILES string of the molecule is CCC(C)NC(=O)C(Cc1ccccc1)N(Cc1cccc(Br)c1)C(=O)CN(c1cc(OC)ccc1OC)S(C)(=O)=O. The third kappa shape index (κ3) is 8.96. The molecule has 0 aliphatic rings. The lowest BCUT2D eigenvalue weighted by Gasteiger charge is -2.34. The van der Waals surface area contributed by atoms with E-state index in [4.69, 9.17) is 9.47 Å². The highest BCUT2D eigenvalue weighted by molar-refractivity contribution is 9.10. The van der Waals surface area contributed by atoms with Gasteiger partial charge in [0.2, 0.25) is 21.8 Å². The van der Waals surface area contributed by atoms with Gasteiger partial charge in [0, 0.05) is 29.5 Å². The highest BCUT2D eigenvalue weighted by Crippen LogP contribution is 2.34. The molecule has 3 rings (SSSR count). The Morgan fingerprint density at radius 1 is 0.952 bits per heavy atom. The first-order valence-electron chi connectivity index (χ1n) is 13.5. The molecular weight excluding hydrogens is 622 g/mol. The molecule has 0 radical (unpaired) electrons. The first-order valence-corrected chi connectivity index (χ1v) is 16.2. The molecule has 0 heterocycles. The van der Waals surface area contributed by atoms with E-state index in [9.17, 15) is 18.0 Å². The van der Waals surface area contributed by atoms with E-state index in [-0.39, 0.29) is 36.4 Å². The number of benzene rings is 3. The van der Waals surface area contributed by atoms with Gasteiger partial charge in [-0.05, 0) is 48.7 Å². The van der Waals surface area contributed by atoms with Gasteiger partial charge in [0.15, 0.2) is 0 Å². The lowest BCUT2D eigenvalue weighted by Crippen LogP contribution is -2.54. The number of hydrogen-bond acceptors (Lipinski definition) is 6. The van der Waals surface area contributed by atoms with E-state index in [2.05, 4.69) is 21.2 Å². The van der Waals surface area contributed by atoms with Gasteiger partial charge in [-0.15, -0.1) is 0 Å². The van der Waals surface area contributed by atoms with Gasteiger partial charge in [-0.1, -0.05) is 65.3 Å². The van der Waals surface area contributed by atoms with E-state index < -0.39 is 28.5 Å². The number of carbonyl (C=O) groups excluding carboxylic acids is 2. The Kier molecular flexibility index (Phi) is 11.8. The van der Waals surface area contributed by atoms with Crippen molar-refractivity contribution in [3.63, 3.8) is 0 Å². The van der Waals surface area contributed by atoms with Crippen molar-refractivity contribution in [3.8, 4) is 11.5 Å². The van der Waals surface area contributed by atoms with Crippen molar-refractivity contribution in [3.05, 3.63) is 88.4 Å². The molecule has 42 heavy (non-hydrogen) atoms. The minimum absolute atomic E-state index is 0.0799. The van der Waals surface area contributed by atoms with E-state index in [0.717, 1.165) is 26.2 Å². The zero-order chi connectivity index (χ0) is 30.9. The zero-order valence-electron chi connectivity index (χ0n) is 24.5. The summed E-state index contributed by atoms with van der Waals surface area (Å²) < 4.78 is 38.8. The molecule has 0 aliphatic heterocycles. The Balaban J connectivity index is 2.11. The van der Waals surface area contributed by atoms with Crippen molar-refractivity contribution in [1.82, 2.24) is 10.2 Å². The van der Waals surface area contributed by atoms with Gasteiger partial charge in [0.25, 0.3) is 0 Å². The third-order valence-electron chi connectivity index (χ3n) is 6.85. The fourth-order valence-corrected chi connectivity index (χ4v) is 5.71. The van der Waals surface area contributed by atoms with Crippen LogP contribution in [0.25, 0.3) is 0 Å². The van der Waals surface area contributed by atoms with E-state index in [1.807, 2.05) is 68.4 Å². The van der Waals surface area contributed by atoms with Gasteiger partial charge >= 0.3 is 0 Å². The van der Waals surface area contributed by atoms with Crippen LogP contribution in [0.5, 0.6) is 11.5 Å². The summed E-state index contributed by atoms with van der Waals surface area (Å²) in [6.07, 6.45) is 1.97. The number of methoxy groups -OCH3 is 2. The van der Waals surface area contributed by atoms with Crippen LogP contribution >= 0.6 is 15.9 Å². The number of carbonyl (C=O) groups is 2. The maximum atomic E-state index is 14.3. The smallest absolute Gasteiger partial charge is 0.244 e. The van der Waals surface area contributed by atoms with E-state index in [1.54, 1.807) is 12.1 Å². The second-order valence-electron chi connectivity index (χ2n) is 9.98. The molecule has 1 N–H and O–H groups in total. The predicted molar refractivity (Wildman–Crippen MR) is 168 cm³/mol. The molecule has 0 saturated heterocycles. The summed E-state index contributed by atoms with van der Waals surface area (Å²) in [6.45, 7) is 3.39. The molecule has 3 aromatic rings. The van der Waals surface area contributed by atoms with Gasteiger partial charge in [0.1, 0.15) is 24.1 Å². The lowest BCUT2D eigenvalue weighted by atomic mass is 10.0. The number of hydrogen-bond donors (Lipinski definition) is 1. The van der Waals surface area contributed by atoms with Crippen LogP contribution in [-0.2, 0) is 32.6 Å². The van der Waals surface area contributed by atoms with Crippen molar-refractivity contribution in [2.75, 3.05) is 31.3 Å². The standard InChI is InChI=1S/C31H38BrN3O6S/c1-6-22(2)33-31(37)28(18-23-11-8-7-9-12-23)34(20-24-13-10-14-25(32)17-24)30(36)21-35(42(5,38)39)27-19-26(40-3)15-16-29(27)41-4/h7-17,19,22,28H,6,18,20-21H2,1-5H3,(H,33,37). The summed E-state index contributed by atoms with van der Waals surface area (Å²) >= 11 is 3.48. The van der Waals surface area contributed by atoms with E-state index >= 15 is 0 Å². The lowest BCUT2D eigenvalue weighted by molar-refractivity contribution is -0.140. The van der Waals surface area contributed by atoms with Gasteiger partial charge in [0.05, 0.1) is 26.2 Å². The quantitative estimate of drug-likeness (QED) is 0.267.